The second-order valence-electron chi connectivity index (χ2n) is 3.61. The Hall–Kier alpha value is -1.14. The highest BCUT2D eigenvalue weighted by Gasteiger charge is 2.39. The molecule has 2 amide bonds. The van der Waals surface area contributed by atoms with Gasteiger partial charge in [-0.3, -0.25) is 15.0 Å². The van der Waals surface area contributed by atoms with Gasteiger partial charge in [0.25, 0.3) is 0 Å². The van der Waals surface area contributed by atoms with E-state index in [-0.39, 0.29) is 6.10 Å². The predicted molar refractivity (Wildman–Crippen MR) is 48.9 cm³/mol. The van der Waals surface area contributed by atoms with Crippen LogP contribution < -0.4 is 16.6 Å². The lowest BCUT2D eigenvalue weighted by Crippen LogP contribution is -2.55. The summed E-state index contributed by atoms with van der Waals surface area (Å²) in [6, 6.07) is 0. The molecule has 0 aromatic heterocycles. The molecule has 4 N–H and O–H groups in total. The third-order valence-electron chi connectivity index (χ3n) is 2.62. The van der Waals surface area contributed by atoms with Gasteiger partial charge in [0, 0.05) is 6.61 Å². The van der Waals surface area contributed by atoms with Crippen LogP contribution >= 0.6 is 0 Å². The molecule has 80 valence electrons. The summed E-state index contributed by atoms with van der Waals surface area (Å²) in [5.41, 5.74) is 1.30. The van der Waals surface area contributed by atoms with Gasteiger partial charge in [-0.2, -0.15) is 0 Å². The molecule has 0 aromatic rings. The SMILES string of the molecule is CC1OCCC1(C)NC(=O)C(=O)NN. The fourth-order valence-corrected chi connectivity index (χ4v) is 1.38. The van der Waals surface area contributed by atoms with Crippen LogP contribution in [0.25, 0.3) is 0 Å². The molecule has 0 saturated carbocycles. The molecule has 1 heterocycles. The van der Waals surface area contributed by atoms with Crippen LogP contribution in [0.2, 0.25) is 0 Å². The topological polar surface area (TPSA) is 93.4 Å². The summed E-state index contributed by atoms with van der Waals surface area (Å²) < 4.78 is 5.31. The first-order valence-corrected chi connectivity index (χ1v) is 4.44. The van der Waals surface area contributed by atoms with Gasteiger partial charge in [-0.25, -0.2) is 5.84 Å². The summed E-state index contributed by atoms with van der Waals surface area (Å²) in [5, 5.41) is 2.60. The normalized spacial score (nSPS) is 31.2. The fraction of sp³-hybridized carbons (Fsp3) is 0.750. The minimum atomic E-state index is -0.842. The van der Waals surface area contributed by atoms with Crippen molar-refractivity contribution in [3.63, 3.8) is 0 Å². The minimum Gasteiger partial charge on any atom is -0.376 e. The second-order valence-corrected chi connectivity index (χ2v) is 3.61. The summed E-state index contributed by atoms with van der Waals surface area (Å²) in [7, 11) is 0. The first-order chi connectivity index (χ1) is 6.49. The summed E-state index contributed by atoms with van der Waals surface area (Å²) in [6.07, 6.45) is 0.592. The van der Waals surface area contributed by atoms with Gasteiger partial charge >= 0.3 is 11.8 Å². The number of hydrogen-bond donors (Lipinski definition) is 3. The Kier molecular flexibility index (Phi) is 3.07. The molecule has 1 fully saturated rings. The van der Waals surface area contributed by atoms with Gasteiger partial charge in [0.2, 0.25) is 0 Å². The molecule has 2 unspecified atom stereocenters. The van der Waals surface area contributed by atoms with Gasteiger partial charge in [0.05, 0.1) is 11.6 Å². The van der Waals surface area contributed by atoms with E-state index in [9.17, 15) is 9.59 Å². The summed E-state index contributed by atoms with van der Waals surface area (Å²) in [6.45, 7) is 4.28. The van der Waals surface area contributed by atoms with E-state index in [1.807, 2.05) is 13.8 Å². The third kappa shape index (κ3) is 2.02. The number of amides is 2. The number of carbonyl (C=O) groups is 2. The Bertz CT molecular complexity index is 256. The highest BCUT2D eigenvalue weighted by molar-refractivity contribution is 6.35. The van der Waals surface area contributed by atoms with Gasteiger partial charge in [-0.05, 0) is 20.3 Å². The lowest BCUT2D eigenvalue weighted by atomic mass is 9.94. The number of carbonyl (C=O) groups excluding carboxylic acids is 2. The van der Waals surface area contributed by atoms with Crippen molar-refractivity contribution in [1.82, 2.24) is 10.7 Å². The molecular weight excluding hydrogens is 186 g/mol. The van der Waals surface area contributed by atoms with Crippen LogP contribution in [-0.4, -0.2) is 30.1 Å². The maximum absolute atomic E-state index is 11.2. The number of nitrogens with one attached hydrogen (secondary N) is 2. The smallest absolute Gasteiger partial charge is 0.323 e. The maximum atomic E-state index is 11.2. The van der Waals surface area contributed by atoms with Crippen LogP contribution in [0.4, 0.5) is 0 Å². The van der Waals surface area contributed by atoms with E-state index in [1.165, 1.54) is 0 Å². The van der Waals surface area contributed by atoms with E-state index < -0.39 is 17.4 Å². The lowest BCUT2D eigenvalue weighted by Gasteiger charge is -2.28. The van der Waals surface area contributed by atoms with Crippen LogP contribution in [0.3, 0.4) is 0 Å². The molecule has 0 aromatic carbocycles. The zero-order valence-electron chi connectivity index (χ0n) is 8.29. The molecule has 0 radical (unpaired) electrons. The molecule has 1 aliphatic heterocycles. The zero-order valence-corrected chi connectivity index (χ0v) is 8.29. The largest absolute Gasteiger partial charge is 0.376 e. The Labute approximate surface area is 82.1 Å². The standard InChI is InChI=1S/C8H15N3O3/c1-5-8(2,3-4-14-5)10-6(12)7(13)11-9/h5H,3-4,9H2,1-2H3,(H,10,12)(H,11,13). The Morgan fingerprint density at radius 2 is 2.14 bits per heavy atom. The van der Waals surface area contributed by atoms with E-state index >= 15 is 0 Å². The van der Waals surface area contributed by atoms with Crippen molar-refractivity contribution in [3.8, 4) is 0 Å². The number of hydrogen-bond acceptors (Lipinski definition) is 4. The number of hydrazine groups is 1. The van der Waals surface area contributed by atoms with Gasteiger partial charge in [0.15, 0.2) is 0 Å². The molecule has 0 bridgehead atoms. The molecule has 0 aliphatic carbocycles. The summed E-state index contributed by atoms with van der Waals surface area (Å²) >= 11 is 0. The lowest BCUT2D eigenvalue weighted by molar-refractivity contribution is -0.140. The molecule has 1 saturated heterocycles. The Morgan fingerprint density at radius 1 is 1.50 bits per heavy atom. The number of nitrogens with two attached hydrogens (primary N) is 1. The van der Waals surface area contributed by atoms with Crippen LogP contribution in [-0.2, 0) is 14.3 Å². The van der Waals surface area contributed by atoms with Crippen LogP contribution in [0.15, 0.2) is 0 Å². The summed E-state index contributed by atoms with van der Waals surface area (Å²) in [5.74, 6) is 3.26. The first kappa shape index (κ1) is 10.9. The van der Waals surface area contributed by atoms with Crippen LogP contribution in [0.1, 0.15) is 20.3 Å². The van der Waals surface area contributed by atoms with Gasteiger partial charge < -0.3 is 10.1 Å². The molecule has 14 heavy (non-hydrogen) atoms. The minimum absolute atomic E-state index is 0.1000. The van der Waals surface area contributed by atoms with Crippen LogP contribution in [0, 0.1) is 0 Å². The number of ether oxygens (including phenoxy) is 1. The van der Waals surface area contributed by atoms with E-state index in [0.29, 0.717) is 13.0 Å². The van der Waals surface area contributed by atoms with Crippen molar-refractivity contribution >= 4 is 11.8 Å². The van der Waals surface area contributed by atoms with E-state index in [0.717, 1.165) is 0 Å². The van der Waals surface area contributed by atoms with E-state index in [1.54, 1.807) is 5.43 Å². The van der Waals surface area contributed by atoms with Crippen LogP contribution in [0.5, 0.6) is 0 Å². The van der Waals surface area contributed by atoms with Crippen molar-refractivity contribution in [1.29, 1.82) is 0 Å². The molecule has 0 spiro atoms. The first-order valence-electron chi connectivity index (χ1n) is 4.44. The van der Waals surface area contributed by atoms with Crippen molar-refractivity contribution in [2.75, 3.05) is 6.61 Å². The molecule has 2 atom stereocenters. The maximum Gasteiger partial charge on any atom is 0.323 e. The van der Waals surface area contributed by atoms with Crippen molar-refractivity contribution in [3.05, 3.63) is 0 Å². The molecule has 6 heteroatoms. The average molecular weight is 201 g/mol. The Morgan fingerprint density at radius 3 is 2.57 bits per heavy atom. The highest BCUT2D eigenvalue weighted by Crippen LogP contribution is 2.24. The highest BCUT2D eigenvalue weighted by atomic mass is 16.5. The van der Waals surface area contributed by atoms with E-state index in [2.05, 4.69) is 5.32 Å². The Balaban J connectivity index is 2.59. The van der Waals surface area contributed by atoms with Gasteiger partial charge in [-0.15, -0.1) is 0 Å². The third-order valence-corrected chi connectivity index (χ3v) is 2.62. The molecule has 6 nitrogen and oxygen atoms in total. The predicted octanol–water partition coefficient (Wildman–Crippen LogP) is -1.34. The van der Waals surface area contributed by atoms with Gasteiger partial charge in [0.1, 0.15) is 0 Å². The molecule has 1 rings (SSSR count). The second kappa shape index (κ2) is 3.93. The average Bonchev–Trinajstić information content (AvgIpc) is 2.45. The zero-order chi connectivity index (χ0) is 10.8. The monoisotopic (exact) mass is 201 g/mol. The quantitative estimate of drug-likeness (QED) is 0.212. The fourth-order valence-electron chi connectivity index (χ4n) is 1.38. The summed E-state index contributed by atoms with van der Waals surface area (Å²) in [4.78, 5) is 22.1. The number of rotatable bonds is 1. The van der Waals surface area contributed by atoms with E-state index in [4.69, 9.17) is 10.6 Å². The van der Waals surface area contributed by atoms with Crippen molar-refractivity contribution in [2.45, 2.75) is 31.9 Å². The van der Waals surface area contributed by atoms with Crippen molar-refractivity contribution in [2.24, 2.45) is 5.84 Å². The van der Waals surface area contributed by atoms with Crippen molar-refractivity contribution < 1.29 is 14.3 Å². The van der Waals surface area contributed by atoms with Gasteiger partial charge in [-0.1, -0.05) is 0 Å². The molecule has 1 aliphatic rings. The molecular formula is C8H15N3O3.